The first-order valence-corrected chi connectivity index (χ1v) is 8.91. The van der Waals surface area contributed by atoms with Crippen LogP contribution in [0.2, 0.25) is 0 Å². The zero-order valence-electron chi connectivity index (χ0n) is 16.1. The van der Waals surface area contributed by atoms with Gasteiger partial charge in [0.1, 0.15) is 11.6 Å². The second kappa shape index (κ2) is 8.43. The Morgan fingerprint density at radius 3 is 2.47 bits per heavy atom. The lowest BCUT2D eigenvalue weighted by Crippen LogP contribution is -2.51. The third-order valence-electron chi connectivity index (χ3n) is 4.41. The van der Waals surface area contributed by atoms with Crippen molar-refractivity contribution in [1.82, 2.24) is 16.2 Å². The zero-order valence-corrected chi connectivity index (χ0v) is 16.1. The molecule has 0 fully saturated rings. The van der Waals surface area contributed by atoms with Gasteiger partial charge in [-0.25, -0.2) is 0 Å². The van der Waals surface area contributed by atoms with Gasteiger partial charge in [-0.05, 0) is 26.0 Å². The van der Waals surface area contributed by atoms with Gasteiger partial charge >= 0.3 is 5.91 Å². The molecule has 10 heteroatoms. The Hall–Kier alpha value is -4.21. The molecule has 1 aromatic heterocycles. The summed E-state index contributed by atoms with van der Waals surface area (Å²) in [5, 5.41) is 14.0. The number of hydrazine groups is 1. The summed E-state index contributed by atoms with van der Waals surface area (Å²) in [5.74, 6) is -1.93. The maximum absolute atomic E-state index is 12.3. The molecule has 1 atom stereocenters. The van der Waals surface area contributed by atoms with E-state index >= 15 is 0 Å². The van der Waals surface area contributed by atoms with Crippen molar-refractivity contribution in [3.05, 3.63) is 75.5 Å². The Labute approximate surface area is 170 Å². The monoisotopic (exact) mass is 410 g/mol. The van der Waals surface area contributed by atoms with E-state index in [1.54, 1.807) is 19.1 Å². The van der Waals surface area contributed by atoms with E-state index in [-0.39, 0.29) is 17.0 Å². The van der Waals surface area contributed by atoms with Crippen LogP contribution in [-0.2, 0) is 4.79 Å². The molecule has 0 bridgehead atoms. The Balaban J connectivity index is 1.59. The first-order valence-electron chi connectivity index (χ1n) is 8.91. The molecule has 3 rings (SSSR count). The first kappa shape index (κ1) is 20.5. The molecule has 0 spiro atoms. The van der Waals surface area contributed by atoms with E-state index in [2.05, 4.69) is 16.2 Å². The summed E-state index contributed by atoms with van der Waals surface area (Å²) in [4.78, 5) is 46.9. The van der Waals surface area contributed by atoms with Gasteiger partial charge in [-0.15, -0.1) is 0 Å². The molecule has 2 aromatic carbocycles. The second-order valence-corrected chi connectivity index (χ2v) is 6.50. The molecule has 3 N–H and O–H groups in total. The fraction of sp³-hybridized carbons (Fsp3) is 0.150. The number of carbonyl (C=O) groups is 3. The summed E-state index contributed by atoms with van der Waals surface area (Å²) in [6.45, 7) is 3.13. The van der Waals surface area contributed by atoms with Crippen LogP contribution in [0.4, 0.5) is 5.69 Å². The normalized spacial score (nSPS) is 11.5. The number of fused-ring (bicyclic) bond motifs is 1. The maximum Gasteiger partial charge on any atom is 0.305 e. The molecule has 30 heavy (non-hydrogen) atoms. The molecule has 0 aliphatic rings. The molecule has 0 aliphatic carbocycles. The molecule has 3 amide bonds. The van der Waals surface area contributed by atoms with E-state index in [0.717, 1.165) is 11.5 Å². The van der Waals surface area contributed by atoms with Gasteiger partial charge in [-0.2, -0.15) is 0 Å². The topological polar surface area (TPSA) is 144 Å². The number of carbonyl (C=O) groups excluding carboxylic acids is 3. The van der Waals surface area contributed by atoms with E-state index in [0.29, 0.717) is 11.1 Å². The molecule has 0 unspecified atom stereocenters. The standard InChI is InChI=1S/C20H18N4O6/c1-11-15-8-3-4-9-16(15)30-17(11)20(27)23-22-18(25)12(2)21-19(26)13-6-5-7-14(10-13)24(28)29/h3-10,12H,1-2H3,(H,21,26)(H,22,25)(H,23,27)/t12-/m0/s1. The lowest BCUT2D eigenvalue weighted by Gasteiger charge is -2.14. The number of aryl methyl sites for hydroxylation is 1. The maximum atomic E-state index is 12.3. The van der Waals surface area contributed by atoms with E-state index in [9.17, 15) is 24.5 Å². The highest BCUT2D eigenvalue weighted by atomic mass is 16.6. The second-order valence-electron chi connectivity index (χ2n) is 6.50. The lowest BCUT2D eigenvalue weighted by molar-refractivity contribution is -0.384. The highest BCUT2D eigenvalue weighted by Gasteiger charge is 2.21. The summed E-state index contributed by atoms with van der Waals surface area (Å²) < 4.78 is 5.52. The Kier molecular flexibility index (Phi) is 5.77. The van der Waals surface area contributed by atoms with Gasteiger partial charge < -0.3 is 9.73 Å². The molecule has 0 saturated heterocycles. The van der Waals surface area contributed by atoms with Gasteiger partial charge in [0.15, 0.2) is 5.76 Å². The highest BCUT2D eigenvalue weighted by molar-refractivity contribution is 6.01. The van der Waals surface area contributed by atoms with Crippen LogP contribution in [0.15, 0.2) is 52.9 Å². The summed E-state index contributed by atoms with van der Waals surface area (Å²) in [7, 11) is 0. The van der Waals surface area contributed by atoms with E-state index in [1.807, 2.05) is 12.1 Å². The third kappa shape index (κ3) is 4.27. The molecular weight excluding hydrogens is 392 g/mol. The number of nitrogens with zero attached hydrogens (tertiary/aromatic N) is 1. The largest absolute Gasteiger partial charge is 0.451 e. The molecule has 0 saturated carbocycles. The highest BCUT2D eigenvalue weighted by Crippen LogP contribution is 2.24. The number of para-hydroxylation sites is 1. The summed E-state index contributed by atoms with van der Waals surface area (Å²) >= 11 is 0. The van der Waals surface area contributed by atoms with Crippen LogP contribution in [0, 0.1) is 17.0 Å². The first-order chi connectivity index (χ1) is 14.3. The van der Waals surface area contributed by atoms with E-state index in [1.165, 1.54) is 25.1 Å². The van der Waals surface area contributed by atoms with Crippen molar-refractivity contribution in [2.75, 3.05) is 0 Å². The predicted octanol–water partition coefficient (Wildman–Crippen LogP) is 2.23. The minimum absolute atomic E-state index is 0.0331. The van der Waals surface area contributed by atoms with Gasteiger partial charge in [-0.3, -0.25) is 35.3 Å². The number of nitrogens with one attached hydrogen (secondary N) is 3. The van der Waals surface area contributed by atoms with Crippen molar-refractivity contribution >= 4 is 34.4 Å². The quantitative estimate of drug-likeness (QED) is 0.435. The van der Waals surface area contributed by atoms with Gasteiger partial charge in [0.05, 0.1) is 4.92 Å². The van der Waals surface area contributed by atoms with Crippen molar-refractivity contribution in [2.45, 2.75) is 19.9 Å². The molecule has 0 aliphatic heterocycles. The molecule has 3 aromatic rings. The lowest BCUT2D eigenvalue weighted by atomic mass is 10.1. The number of benzene rings is 2. The average molecular weight is 410 g/mol. The van der Waals surface area contributed by atoms with Crippen LogP contribution in [0.3, 0.4) is 0 Å². The van der Waals surface area contributed by atoms with Crippen molar-refractivity contribution in [3.8, 4) is 0 Å². The molecule has 154 valence electrons. The molecule has 0 radical (unpaired) electrons. The zero-order chi connectivity index (χ0) is 21.8. The number of non-ortho nitro benzene ring substituents is 1. The van der Waals surface area contributed by atoms with Crippen LogP contribution < -0.4 is 16.2 Å². The SMILES string of the molecule is Cc1c(C(=O)NNC(=O)[C@H](C)NC(=O)c2cccc([N+](=O)[O-])c2)oc2ccccc12. The summed E-state index contributed by atoms with van der Waals surface area (Å²) in [5.41, 5.74) is 5.43. The summed E-state index contributed by atoms with van der Waals surface area (Å²) in [6.07, 6.45) is 0. The van der Waals surface area contributed by atoms with Gasteiger partial charge in [-0.1, -0.05) is 24.3 Å². The number of amides is 3. The van der Waals surface area contributed by atoms with Crippen molar-refractivity contribution in [1.29, 1.82) is 0 Å². The van der Waals surface area contributed by atoms with E-state index in [4.69, 9.17) is 4.42 Å². The number of rotatable bonds is 5. The molecule has 10 nitrogen and oxygen atoms in total. The number of hydrogen-bond donors (Lipinski definition) is 3. The van der Waals surface area contributed by atoms with E-state index < -0.39 is 28.7 Å². The number of furan rings is 1. The predicted molar refractivity (Wildman–Crippen MR) is 107 cm³/mol. The van der Waals surface area contributed by atoms with Gasteiger partial charge in [0, 0.05) is 28.6 Å². The van der Waals surface area contributed by atoms with Crippen LogP contribution in [0.5, 0.6) is 0 Å². The third-order valence-corrected chi connectivity index (χ3v) is 4.41. The minimum Gasteiger partial charge on any atom is -0.451 e. The van der Waals surface area contributed by atoms with Crippen LogP contribution in [0.25, 0.3) is 11.0 Å². The smallest absolute Gasteiger partial charge is 0.305 e. The summed E-state index contributed by atoms with van der Waals surface area (Å²) in [6, 6.07) is 11.2. The van der Waals surface area contributed by atoms with Gasteiger partial charge in [0.2, 0.25) is 0 Å². The van der Waals surface area contributed by atoms with Crippen LogP contribution in [-0.4, -0.2) is 28.7 Å². The van der Waals surface area contributed by atoms with Crippen LogP contribution >= 0.6 is 0 Å². The average Bonchev–Trinajstić information content (AvgIpc) is 3.08. The Morgan fingerprint density at radius 2 is 1.77 bits per heavy atom. The number of nitro benzene ring substituents is 1. The fourth-order valence-electron chi connectivity index (χ4n) is 2.78. The Morgan fingerprint density at radius 1 is 1.03 bits per heavy atom. The van der Waals surface area contributed by atoms with Crippen LogP contribution in [0.1, 0.15) is 33.4 Å². The fourth-order valence-corrected chi connectivity index (χ4v) is 2.78. The Bertz CT molecular complexity index is 1150. The van der Waals surface area contributed by atoms with Gasteiger partial charge in [0.25, 0.3) is 17.5 Å². The number of nitro groups is 1. The van der Waals surface area contributed by atoms with Crippen molar-refractivity contribution in [3.63, 3.8) is 0 Å². The van der Waals surface area contributed by atoms with Crippen molar-refractivity contribution < 1.29 is 23.7 Å². The minimum atomic E-state index is -1.02. The molecular formula is C20H18N4O6. The van der Waals surface area contributed by atoms with Crippen molar-refractivity contribution in [2.24, 2.45) is 0 Å². The molecule has 1 heterocycles. The number of hydrogen-bond acceptors (Lipinski definition) is 6.